The third-order valence-corrected chi connectivity index (χ3v) is 2.04. The van der Waals surface area contributed by atoms with Gasteiger partial charge in [-0.1, -0.05) is 30.3 Å². The van der Waals surface area contributed by atoms with Gasteiger partial charge in [-0.2, -0.15) is 5.26 Å². The fraction of sp³-hybridized carbons (Fsp3) is 0.273. The highest BCUT2D eigenvalue weighted by atomic mass is 16.4. The van der Waals surface area contributed by atoms with Crippen LogP contribution in [0.2, 0.25) is 0 Å². The topological polar surface area (TPSA) is 61.1 Å². The summed E-state index contributed by atoms with van der Waals surface area (Å²) in [6.07, 6.45) is 0.641. The summed E-state index contributed by atoms with van der Waals surface area (Å²) in [5, 5.41) is 17.3. The molecule has 0 unspecified atom stereocenters. The molecule has 1 atom stereocenters. The number of hydrogen-bond acceptors (Lipinski definition) is 2. The van der Waals surface area contributed by atoms with Gasteiger partial charge in [0, 0.05) is 6.42 Å². The standard InChI is InChI=1S/C11H11NO2/c12-8-4-7-10(11(13)14)9-5-2-1-3-6-9/h1-3,5-6,10H,4,7H2,(H,13,14)/t10-/m0/s1. The zero-order valence-corrected chi connectivity index (χ0v) is 7.68. The van der Waals surface area contributed by atoms with E-state index in [0.717, 1.165) is 5.56 Å². The van der Waals surface area contributed by atoms with Crippen molar-refractivity contribution in [3.05, 3.63) is 35.9 Å². The lowest BCUT2D eigenvalue weighted by Gasteiger charge is -2.09. The molecule has 0 heterocycles. The van der Waals surface area contributed by atoms with Crippen molar-refractivity contribution < 1.29 is 9.90 Å². The van der Waals surface area contributed by atoms with Crippen LogP contribution in [0.5, 0.6) is 0 Å². The Bertz CT molecular complexity index is 340. The van der Waals surface area contributed by atoms with Gasteiger partial charge in [-0.05, 0) is 12.0 Å². The predicted octanol–water partition coefficient (Wildman–Crippen LogP) is 2.16. The van der Waals surface area contributed by atoms with Crippen molar-refractivity contribution in [2.24, 2.45) is 0 Å². The van der Waals surface area contributed by atoms with E-state index in [9.17, 15) is 4.79 Å². The molecule has 1 N–H and O–H groups in total. The van der Waals surface area contributed by atoms with Crippen LogP contribution in [0.3, 0.4) is 0 Å². The minimum atomic E-state index is -0.869. The molecule has 0 saturated heterocycles. The first-order valence-corrected chi connectivity index (χ1v) is 4.40. The van der Waals surface area contributed by atoms with Crippen molar-refractivity contribution in [2.45, 2.75) is 18.8 Å². The number of rotatable bonds is 4. The summed E-state index contributed by atoms with van der Waals surface area (Å²) in [5.74, 6) is -1.43. The average Bonchev–Trinajstić information content (AvgIpc) is 2.19. The molecule has 3 heteroatoms. The number of carboxylic acids is 1. The third kappa shape index (κ3) is 2.60. The van der Waals surface area contributed by atoms with Crippen molar-refractivity contribution in [1.82, 2.24) is 0 Å². The Hall–Kier alpha value is -1.82. The first-order chi connectivity index (χ1) is 6.75. The SMILES string of the molecule is N#CCC[C@H](C(=O)O)c1ccccc1. The Balaban J connectivity index is 2.79. The third-order valence-electron chi connectivity index (χ3n) is 2.04. The van der Waals surface area contributed by atoms with Crippen molar-refractivity contribution in [3.8, 4) is 6.07 Å². The molecule has 0 aliphatic heterocycles. The molecule has 1 aromatic carbocycles. The van der Waals surface area contributed by atoms with Gasteiger partial charge in [0.2, 0.25) is 0 Å². The molecule has 0 aliphatic carbocycles. The zero-order valence-electron chi connectivity index (χ0n) is 7.68. The summed E-state index contributed by atoms with van der Waals surface area (Å²) < 4.78 is 0. The Morgan fingerprint density at radius 3 is 2.57 bits per heavy atom. The summed E-state index contributed by atoms with van der Waals surface area (Å²) in [5.41, 5.74) is 0.759. The van der Waals surface area contributed by atoms with Gasteiger partial charge in [0.1, 0.15) is 0 Å². The first-order valence-electron chi connectivity index (χ1n) is 4.40. The normalized spacial score (nSPS) is 11.6. The Kier molecular flexibility index (Phi) is 3.69. The van der Waals surface area contributed by atoms with Gasteiger partial charge in [0.25, 0.3) is 0 Å². The quantitative estimate of drug-likeness (QED) is 0.789. The molecule has 72 valence electrons. The van der Waals surface area contributed by atoms with Crippen molar-refractivity contribution in [1.29, 1.82) is 5.26 Å². The number of benzene rings is 1. The molecular weight excluding hydrogens is 178 g/mol. The van der Waals surface area contributed by atoms with E-state index in [1.807, 2.05) is 12.1 Å². The molecule has 14 heavy (non-hydrogen) atoms. The van der Waals surface area contributed by atoms with Gasteiger partial charge in [-0.3, -0.25) is 4.79 Å². The number of nitrogens with zero attached hydrogens (tertiary/aromatic N) is 1. The molecule has 1 aromatic rings. The molecule has 1 rings (SSSR count). The van der Waals surface area contributed by atoms with E-state index in [2.05, 4.69) is 0 Å². The van der Waals surface area contributed by atoms with Crippen molar-refractivity contribution in [2.75, 3.05) is 0 Å². The van der Waals surface area contributed by atoms with Crippen LogP contribution < -0.4 is 0 Å². The first kappa shape index (κ1) is 10.3. The average molecular weight is 189 g/mol. The van der Waals surface area contributed by atoms with E-state index in [1.165, 1.54) is 0 Å². The van der Waals surface area contributed by atoms with Crippen LogP contribution in [0.1, 0.15) is 24.3 Å². The smallest absolute Gasteiger partial charge is 0.311 e. The van der Waals surface area contributed by atoms with Crippen LogP contribution in [0, 0.1) is 11.3 Å². The van der Waals surface area contributed by atoms with E-state index >= 15 is 0 Å². The second kappa shape index (κ2) is 5.03. The molecule has 0 aliphatic rings. The van der Waals surface area contributed by atoms with Gasteiger partial charge >= 0.3 is 5.97 Å². The van der Waals surface area contributed by atoms with Crippen molar-refractivity contribution in [3.63, 3.8) is 0 Å². The molecule has 0 bridgehead atoms. The van der Waals surface area contributed by atoms with Crippen LogP contribution in [0.25, 0.3) is 0 Å². The highest BCUT2D eigenvalue weighted by Gasteiger charge is 2.18. The molecule has 0 amide bonds. The maximum Gasteiger partial charge on any atom is 0.311 e. The summed E-state index contributed by atoms with van der Waals surface area (Å²) in [7, 11) is 0. The lowest BCUT2D eigenvalue weighted by Crippen LogP contribution is -2.11. The minimum Gasteiger partial charge on any atom is -0.481 e. The van der Waals surface area contributed by atoms with Gasteiger partial charge in [0.05, 0.1) is 12.0 Å². The number of nitriles is 1. The molecule has 0 aromatic heterocycles. The number of carboxylic acid groups (broad SMARTS) is 1. The Morgan fingerprint density at radius 1 is 1.43 bits per heavy atom. The Morgan fingerprint density at radius 2 is 2.07 bits per heavy atom. The van der Waals surface area contributed by atoms with Gasteiger partial charge in [0.15, 0.2) is 0 Å². The van der Waals surface area contributed by atoms with E-state index < -0.39 is 11.9 Å². The second-order valence-corrected chi connectivity index (χ2v) is 3.00. The van der Waals surface area contributed by atoms with Crippen LogP contribution in [-0.2, 0) is 4.79 Å². The molecular formula is C11H11NO2. The fourth-order valence-corrected chi connectivity index (χ4v) is 1.33. The number of hydrogen-bond donors (Lipinski definition) is 1. The summed E-state index contributed by atoms with van der Waals surface area (Å²) in [6, 6.07) is 11.0. The second-order valence-electron chi connectivity index (χ2n) is 3.00. The van der Waals surface area contributed by atoms with Crippen LogP contribution in [-0.4, -0.2) is 11.1 Å². The molecule has 0 spiro atoms. The fourth-order valence-electron chi connectivity index (χ4n) is 1.33. The highest BCUT2D eigenvalue weighted by molar-refractivity contribution is 5.76. The zero-order chi connectivity index (χ0) is 10.4. The molecule has 0 saturated carbocycles. The maximum atomic E-state index is 10.9. The predicted molar refractivity (Wildman–Crippen MR) is 51.7 cm³/mol. The van der Waals surface area contributed by atoms with E-state index in [1.54, 1.807) is 24.3 Å². The van der Waals surface area contributed by atoms with E-state index in [0.29, 0.717) is 6.42 Å². The summed E-state index contributed by atoms with van der Waals surface area (Å²) in [6.45, 7) is 0. The van der Waals surface area contributed by atoms with Gasteiger partial charge in [-0.15, -0.1) is 0 Å². The molecule has 3 nitrogen and oxygen atoms in total. The maximum absolute atomic E-state index is 10.9. The lowest BCUT2D eigenvalue weighted by atomic mass is 9.95. The van der Waals surface area contributed by atoms with Crippen molar-refractivity contribution >= 4 is 5.97 Å². The molecule has 0 fully saturated rings. The highest BCUT2D eigenvalue weighted by Crippen LogP contribution is 2.20. The largest absolute Gasteiger partial charge is 0.481 e. The van der Waals surface area contributed by atoms with Crippen LogP contribution in [0.15, 0.2) is 30.3 Å². The lowest BCUT2D eigenvalue weighted by molar-refractivity contribution is -0.138. The molecule has 0 radical (unpaired) electrons. The van der Waals surface area contributed by atoms with E-state index in [4.69, 9.17) is 10.4 Å². The summed E-state index contributed by atoms with van der Waals surface area (Å²) >= 11 is 0. The van der Waals surface area contributed by atoms with E-state index in [-0.39, 0.29) is 6.42 Å². The number of aliphatic carboxylic acids is 1. The van der Waals surface area contributed by atoms with Crippen LogP contribution in [0.4, 0.5) is 0 Å². The minimum absolute atomic E-state index is 0.270. The Labute approximate surface area is 82.6 Å². The summed E-state index contributed by atoms with van der Waals surface area (Å²) in [4.78, 5) is 10.9. The monoisotopic (exact) mass is 189 g/mol. The van der Waals surface area contributed by atoms with Gasteiger partial charge in [-0.25, -0.2) is 0 Å². The van der Waals surface area contributed by atoms with Crippen LogP contribution >= 0.6 is 0 Å². The number of carbonyl (C=O) groups is 1. The van der Waals surface area contributed by atoms with Gasteiger partial charge < -0.3 is 5.11 Å².